The Hall–Kier alpha value is -1.15. The molecule has 2 rings (SSSR count). The van der Waals surface area contributed by atoms with Crippen LogP contribution >= 0.6 is 10.0 Å². The Morgan fingerprint density at radius 2 is 1.63 bits per heavy atom. The maximum atomic E-state index is 6.35. The van der Waals surface area contributed by atoms with Crippen molar-refractivity contribution in [2.45, 2.75) is 4.55 Å². The fraction of sp³-hybridized carbons (Fsp3) is 0.267. The summed E-state index contributed by atoms with van der Waals surface area (Å²) in [4.78, 5) is 4.40. The van der Waals surface area contributed by atoms with E-state index in [4.69, 9.17) is 15.7 Å². The van der Waals surface area contributed by atoms with Crippen LogP contribution in [0.25, 0.3) is 11.3 Å². The molecule has 0 aliphatic heterocycles. The van der Waals surface area contributed by atoms with Crippen molar-refractivity contribution in [2.24, 2.45) is 0 Å². The zero-order valence-corrected chi connectivity index (χ0v) is 12.4. The summed E-state index contributed by atoms with van der Waals surface area (Å²) in [6.07, 6.45) is 8.14. The molecule has 0 aliphatic rings. The van der Waals surface area contributed by atoms with Crippen molar-refractivity contribution >= 4 is 25.7 Å². The molecular weight excluding hydrogens is 248 g/mol. The van der Waals surface area contributed by atoms with Gasteiger partial charge in [-0.05, 0) is 41.0 Å². The van der Waals surface area contributed by atoms with E-state index < -0.39 is 14.6 Å². The largest absolute Gasteiger partial charge is 0.256 e. The summed E-state index contributed by atoms with van der Waals surface area (Å²) < 4.78 is -0.806. The lowest BCUT2D eigenvalue weighted by Crippen LogP contribution is -2.32. The molecule has 0 atom stereocenters. The molecule has 0 amide bonds. The molecule has 4 radical (unpaired) electrons. The van der Waals surface area contributed by atoms with Crippen molar-refractivity contribution in [3.8, 4) is 11.3 Å². The molecule has 0 unspecified atom stereocenters. The van der Waals surface area contributed by atoms with Crippen molar-refractivity contribution in [1.29, 1.82) is 0 Å². The highest BCUT2D eigenvalue weighted by molar-refractivity contribution is 8.34. The molecule has 0 N–H and O–H groups in total. The van der Waals surface area contributed by atoms with E-state index in [1.165, 1.54) is 0 Å². The third-order valence-corrected chi connectivity index (χ3v) is 5.56. The molecule has 94 valence electrons. The zero-order chi connectivity index (χ0) is 14.1. The van der Waals surface area contributed by atoms with Crippen LogP contribution in [0.3, 0.4) is 0 Å². The van der Waals surface area contributed by atoms with Gasteiger partial charge in [0.15, 0.2) is 0 Å². The van der Waals surface area contributed by atoms with E-state index in [1.807, 2.05) is 42.5 Å². The summed E-state index contributed by atoms with van der Waals surface area (Å²) in [6, 6.07) is 13.9. The molecule has 0 saturated carbocycles. The van der Waals surface area contributed by atoms with E-state index in [-0.39, 0.29) is 0 Å². The predicted molar refractivity (Wildman–Crippen MR) is 88.2 cm³/mol. The molecule has 1 heterocycles. The van der Waals surface area contributed by atoms with E-state index in [1.54, 1.807) is 6.20 Å². The van der Waals surface area contributed by atoms with Crippen LogP contribution in [0.4, 0.5) is 0 Å². The second-order valence-electron chi connectivity index (χ2n) is 5.43. The van der Waals surface area contributed by atoms with Gasteiger partial charge >= 0.3 is 0 Å². The molecule has 0 spiro atoms. The van der Waals surface area contributed by atoms with Crippen LogP contribution in [0.1, 0.15) is 5.56 Å². The molecular formula is C15H17B2NS. The minimum Gasteiger partial charge on any atom is -0.256 e. The highest BCUT2D eigenvalue weighted by Crippen LogP contribution is 2.52. The summed E-state index contributed by atoms with van der Waals surface area (Å²) in [5, 5.41) is 0. The first-order chi connectivity index (χ1) is 8.82. The van der Waals surface area contributed by atoms with Gasteiger partial charge in [0, 0.05) is 11.8 Å². The molecule has 19 heavy (non-hydrogen) atoms. The fourth-order valence-corrected chi connectivity index (χ4v) is 2.63. The molecule has 2 aromatic rings. The lowest BCUT2D eigenvalue weighted by Gasteiger charge is -2.45. The second-order valence-corrected chi connectivity index (χ2v) is 9.78. The summed E-state index contributed by atoms with van der Waals surface area (Å²) in [5.41, 5.74) is 2.91. The summed E-state index contributed by atoms with van der Waals surface area (Å²) >= 11 is 0. The smallest absolute Gasteiger partial charge is 0.0804 e. The first-order valence-corrected chi connectivity index (χ1v) is 8.96. The molecule has 0 aliphatic carbocycles. The van der Waals surface area contributed by atoms with Crippen molar-refractivity contribution in [3.63, 3.8) is 0 Å². The average molecular weight is 265 g/mol. The number of hydrogen-bond donors (Lipinski definition) is 0. The van der Waals surface area contributed by atoms with Gasteiger partial charge in [0.05, 0.1) is 21.4 Å². The quantitative estimate of drug-likeness (QED) is 0.777. The highest BCUT2D eigenvalue weighted by atomic mass is 32.3. The molecule has 1 aromatic heterocycles. The van der Waals surface area contributed by atoms with E-state index in [9.17, 15) is 0 Å². The van der Waals surface area contributed by atoms with E-state index in [2.05, 4.69) is 23.8 Å². The van der Waals surface area contributed by atoms with Crippen LogP contribution in [0.5, 0.6) is 0 Å². The Morgan fingerprint density at radius 3 is 2.21 bits per heavy atom. The fourth-order valence-electron chi connectivity index (χ4n) is 1.79. The van der Waals surface area contributed by atoms with Crippen molar-refractivity contribution in [1.82, 2.24) is 4.98 Å². The van der Waals surface area contributed by atoms with Gasteiger partial charge in [0.2, 0.25) is 0 Å². The van der Waals surface area contributed by atoms with Crippen LogP contribution in [0.2, 0.25) is 0 Å². The number of rotatable bonds is 3. The predicted octanol–water partition coefficient (Wildman–Crippen LogP) is 2.89. The van der Waals surface area contributed by atoms with Gasteiger partial charge < -0.3 is 0 Å². The van der Waals surface area contributed by atoms with Gasteiger partial charge in [-0.15, -0.1) is 0 Å². The van der Waals surface area contributed by atoms with Gasteiger partial charge in [-0.1, -0.05) is 30.3 Å². The minimum absolute atomic E-state index is 0.806. The number of hydrogen-bond acceptors (Lipinski definition) is 1. The van der Waals surface area contributed by atoms with Crippen molar-refractivity contribution in [3.05, 3.63) is 54.2 Å². The highest BCUT2D eigenvalue weighted by Gasteiger charge is 2.29. The topological polar surface area (TPSA) is 12.9 Å². The lowest BCUT2D eigenvalue weighted by molar-refractivity contribution is 1.19. The van der Waals surface area contributed by atoms with E-state index in [0.29, 0.717) is 0 Å². The van der Waals surface area contributed by atoms with Crippen LogP contribution in [0.15, 0.2) is 48.7 Å². The van der Waals surface area contributed by atoms with Crippen LogP contribution in [0, 0.1) is 0 Å². The molecule has 0 saturated heterocycles. The maximum absolute atomic E-state index is 6.35. The second kappa shape index (κ2) is 5.09. The third kappa shape index (κ3) is 2.89. The Morgan fingerprint density at radius 1 is 1.00 bits per heavy atom. The van der Waals surface area contributed by atoms with E-state index in [0.717, 1.165) is 16.8 Å². The zero-order valence-electron chi connectivity index (χ0n) is 11.6. The number of nitrogens with zero attached hydrogens (tertiary/aromatic N) is 1. The normalized spacial score (nSPS) is 13.2. The Bertz CT molecular complexity index is 562. The molecule has 0 bridgehead atoms. The Kier molecular flexibility index (Phi) is 3.82. The Balaban J connectivity index is 2.47. The van der Waals surface area contributed by atoms with Crippen LogP contribution in [-0.2, 0) is 4.55 Å². The maximum Gasteiger partial charge on any atom is 0.0804 e. The third-order valence-electron chi connectivity index (χ3n) is 3.29. The molecule has 1 aromatic carbocycles. The van der Waals surface area contributed by atoms with Crippen LogP contribution in [-0.4, -0.2) is 39.4 Å². The summed E-state index contributed by atoms with van der Waals surface area (Å²) in [6.45, 7) is 0. The lowest BCUT2D eigenvalue weighted by atomic mass is 9.65. The summed E-state index contributed by atoms with van der Waals surface area (Å²) in [5.74, 6) is 0. The number of pyridine rings is 1. The molecule has 4 heteroatoms. The van der Waals surface area contributed by atoms with E-state index >= 15 is 0 Å². The van der Waals surface area contributed by atoms with Crippen molar-refractivity contribution in [2.75, 3.05) is 18.8 Å². The average Bonchev–Trinajstić information content (AvgIpc) is 2.39. The standard InChI is InChI=1S/C15H17B2NS/c1-19(2,3)15(16,17)13-9-10-18-14(11-13)12-7-5-4-6-8-12/h4-11H,1-3H3. The molecule has 0 fully saturated rings. The van der Waals surface area contributed by atoms with Gasteiger partial charge in [-0.2, -0.15) is 0 Å². The van der Waals surface area contributed by atoms with Gasteiger partial charge in [-0.25, -0.2) is 0 Å². The number of aromatic nitrogens is 1. The first kappa shape index (κ1) is 14.3. The molecule has 1 nitrogen and oxygen atoms in total. The van der Waals surface area contributed by atoms with Crippen molar-refractivity contribution < 1.29 is 0 Å². The minimum atomic E-state index is -1.13. The summed E-state index contributed by atoms with van der Waals surface area (Å²) in [7, 11) is 11.6. The van der Waals surface area contributed by atoms with Gasteiger partial charge in [-0.3, -0.25) is 15.0 Å². The van der Waals surface area contributed by atoms with Crippen LogP contribution < -0.4 is 0 Å². The Labute approximate surface area is 120 Å². The number of benzene rings is 1. The van der Waals surface area contributed by atoms with Gasteiger partial charge in [0.1, 0.15) is 0 Å². The monoisotopic (exact) mass is 265 g/mol. The first-order valence-electron chi connectivity index (χ1n) is 6.10. The SMILES string of the molecule is [B]C([B])(c1ccnc(-c2ccccc2)c1)S(C)(C)C. The van der Waals surface area contributed by atoms with Gasteiger partial charge in [0.25, 0.3) is 0 Å².